The van der Waals surface area contributed by atoms with Gasteiger partial charge < -0.3 is 19.6 Å². The van der Waals surface area contributed by atoms with Crippen molar-refractivity contribution in [1.29, 1.82) is 0 Å². The summed E-state index contributed by atoms with van der Waals surface area (Å²) in [6.45, 7) is 2.76. The molecule has 1 aliphatic heterocycles. The van der Waals surface area contributed by atoms with Crippen LogP contribution in [0.2, 0.25) is 0 Å². The molecule has 2 aromatic rings. The summed E-state index contributed by atoms with van der Waals surface area (Å²) in [5.74, 6) is -2.16. The molecule has 1 fully saturated rings. The molecule has 158 valence electrons. The first kappa shape index (κ1) is 21.5. The van der Waals surface area contributed by atoms with Crippen LogP contribution in [0.25, 0.3) is 0 Å². The summed E-state index contributed by atoms with van der Waals surface area (Å²) in [5, 5.41) is 9.65. The van der Waals surface area contributed by atoms with E-state index in [1.54, 1.807) is 44.4 Å². The number of phenolic OH excluding ortho intramolecular Hbond substituents is 1. The molecular weight excluding hydrogens is 384 g/mol. The van der Waals surface area contributed by atoms with E-state index in [4.69, 9.17) is 4.74 Å². The summed E-state index contributed by atoms with van der Waals surface area (Å²) in [4.78, 5) is 41.9. The summed E-state index contributed by atoms with van der Waals surface area (Å²) in [7, 11) is 5.46. The molecule has 0 radical (unpaired) electrons. The second-order valence-corrected chi connectivity index (χ2v) is 7.88. The Kier molecular flexibility index (Phi) is 6.22. The number of ether oxygens (including phenoxy) is 1. The SMILES string of the molecule is COc1ccc(C(=O)C2C(=O)C(=O)N(CC[NH+](C)C)C2c2ccc(O)cc2)c(C)c1. The largest absolute Gasteiger partial charge is 0.508 e. The normalized spacial score (nSPS) is 18.9. The Morgan fingerprint density at radius 2 is 1.80 bits per heavy atom. The van der Waals surface area contributed by atoms with Crippen molar-refractivity contribution in [3.05, 3.63) is 59.2 Å². The molecule has 2 unspecified atom stereocenters. The van der Waals surface area contributed by atoms with Gasteiger partial charge in [-0.25, -0.2) is 0 Å². The topological polar surface area (TPSA) is 88.4 Å². The van der Waals surface area contributed by atoms with Crippen molar-refractivity contribution in [2.45, 2.75) is 13.0 Å². The van der Waals surface area contributed by atoms with E-state index < -0.39 is 23.7 Å². The number of benzene rings is 2. The van der Waals surface area contributed by atoms with Gasteiger partial charge in [0.1, 0.15) is 17.4 Å². The molecule has 1 heterocycles. The van der Waals surface area contributed by atoms with E-state index in [1.165, 1.54) is 17.0 Å². The lowest BCUT2D eigenvalue weighted by molar-refractivity contribution is -0.857. The van der Waals surface area contributed by atoms with Crippen molar-refractivity contribution in [3.8, 4) is 11.5 Å². The van der Waals surface area contributed by atoms with Crippen molar-refractivity contribution in [3.63, 3.8) is 0 Å². The average Bonchev–Trinajstić information content (AvgIpc) is 2.96. The van der Waals surface area contributed by atoms with E-state index in [-0.39, 0.29) is 11.5 Å². The minimum Gasteiger partial charge on any atom is -0.508 e. The third kappa shape index (κ3) is 4.07. The summed E-state index contributed by atoms with van der Waals surface area (Å²) in [6, 6.07) is 10.6. The Hall–Kier alpha value is -3.19. The number of likely N-dealkylation sites (tertiary alicyclic amines) is 1. The van der Waals surface area contributed by atoms with Crippen molar-refractivity contribution < 1.29 is 29.1 Å². The first-order chi connectivity index (χ1) is 14.2. The van der Waals surface area contributed by atoms with E-state index in [0.29, 0.717) is 35.5 Å². The summed E-state index contributed by atoms with van der Waals surface area (Å²) in [5.41, 5.74) is 1.72. The second-order valence-electron chi connectivity index (χ2n) is 7.88. The third-order valence-corrected chi connectivity index (χ3v) is 5.47. The smallest absolute Gasteiger partial charge is 0.291 e. The molecule has 2 aromatic carbocycles. The van der Waals surface area contributed by atoms with Crippen LogP contribution in [0.1, 0.15) is 27.5 Å². The molecule has 1 aliphatic rings. The number of amides is 1. The molecule has 1 saturated heterocycles. The summed E-state index contributed by atoms with van der Waals surface area (Å²) >= 11 is 0. The number of nitrogens with one attached hydrogen (secondary N) is 1. The number of quaternary nitrogens is 1. The number of aromatic hydroxyl groups is 1. The van der Waals surface area contributed by atoms with Gasteiger partial charge in [0.25, 0.3) is 5.91 Å². The fraction of sp³-hybridized carbons (Fsp3) is 0.348. The maximum Gasteiger partial charge on any atom is 0.291 e. The number of nitrogens with zero attached hydrogens (tertiary/aromatic N) is 1. The molecule has 1 amide bonds. The molecule has 7 heteroatoms. The number of aryl methyl sites for hydroxylation is 1. The maximum absolute atomic E-state index is 13.5. The van der Waals surface area contributed by atoms with Gasteiger partial charge in [0, 0.05) is 5.56 Å². The van der Waals surface area contributed by atoms with Crippen LogP contribution < -0.4 is 9.64 Å². The number of carbonyl (C=O) groups excluding carboxylic acids is 3. The number of rotatable bonds is 7. The van der Waals surface area contributed by atoms with Crippen LogP contribution in [0.5, 0.6) is 11.5 Å². The highest BCUT2D eigenvalue weighted by Gasteiger charge is 2.51. The molecule has 7 nitrogen and oxygen atoms in total. The predicted octanol–water partition coefficient (Wildman–Crippen LogP) is 0.805. The van der Waals surface area contributed by atoms with Crippen LogP contribution in [0, 0.1) is 12.8 Å². The number of carbonyl (C=O) groups is 3. The van der Waals surface area contributed by atoms with Crippen LogP contribution in [0.4, 0.5) is 0 Å². The molecule has 0 aliphatic carbocycles. The highest BCUT2D eigenvalue weighted by atomic mass is 16.5. The minimum atomic E-state index is -1.13. The van der Waals surface area contributed by atoms with Gasteiger partial charge in [0.05, 0.1) is 40.3 Å². The van der Waals surface area contributed by atoms with Crippen LogP contribution in [-0.4, -0.2) is 61.8 Å². The van der Waals surface area contributed by atoms with E-state index in [2.05, 4.69) is 0 Å². The highest BCUT2D eigenvalue weighted by Crippen LogP contribution is 2.39. The number of methoxy groups -OCH3 is 1. The highest BCUT2D eigenvalue weighted by molar-refractivity contribution is 6.44. The third-order valence-electron chi connectivity index (χ3n) is 5.47. The van der Waals surface area contributed by atoms with Crippen LogP contribution in [0.15, 0.2) is 42.5 Å². The first-order valence-corrected chi connectivity index (χ1v) is 9.86. The van der Waals surface area contributed by atoms with Crippen LogP contribution in [0.3, 0.4) is 0 Å². The number of phenols is 1. The van der Waals surface area contributed by atoms with Crippen molar-refractivity contribution in [1.82, 2.24) is 4.90 Å². The molecule has 0 aromatic heterocycles. The number of hydrogen-bond donors (Lipinski definition) is 2. The Balaban J connectivity index is 2.05. The van der Waals surface area contributed by atoms with Crippen LogP contribution in [-0.2, 0) is 9.59 Å². The van der Waals surface area contributed by atoms with Gasteiger partial charge >= 0.3 is 0 Å². The monoisotopic (exact) mass is 411 g/mol. The molecule has 30 heavy (non-hydrogen) atoms. The van der Waals surface area contributed by atoms with Crippen molar-refractivity contribution in [2.75, 3.05) is 34.3 Å². The number of Topliss-reactive ketones (excluding diaryl/α,β-unsaturated/α-hetero) is 2. The number of hydrogen-bond acceptors (Lipinski definition) is 5. The Bertz CT molecular complexity index is 968. The molecule has 0 spiro atoms. The summed E-state index contributed by atoms with van der Waals surface area (Å²) < 4.78 is 5.20. The summed E-state index contributed by atoms with van der Waals surface area (Å²) in [6.07, 6.45) is 0. The van der Waals surface area contributed by atoms with E-state index >= 15 is 0 Å². The quantitative estimate of drug-likeness (QED) is 0.400. The fourth-order valence-electron chi connectivity index (χ4n) is 3.82. The molecule has 3 rings (SSSR count). The van der Waals surface area contributed by atoms with Gasteiger partial charge in [-0.3, -0.25) is 14.4 Å². The van der Waals surface area contributed by atoms with Crippen molar-refractivity contribution >= 4 is 17.5 Å². The van der Waals surface area contributed by atoms with Gasteiger partial charge in [-0.15, -0.1) is 0 Å². The van der Waals surface area contributed by atoms with Gasteiger partial charge in [-0.05, 0) is 48.4 Å². The van der Waals surface area contributed by atoms with E-state index in [1.807, 2.05) is 14.1 Å². The zero-order chi connectivity index (χ0) is 22.0. The molecule has 2 N–H and O–H groups in total. The lowest BCUT2D eigenvalue weighted by Gasteiger charge is -2.27. The predicted molar refractivity (Wildman–Crippen MR) is 111 cm³/mol. The van der Waals surface area contributed by atoms with Gasteiger partial charge in [0.15, 0.2) is 5.78 Å². The Morgan fingerprint density at radius 3 is 2.37 bits per heavy atom. The van der Waals surface area contributed by atoms with E-state index in [0.717, 1.165) is 4.90 Å². The van der Waals surface area contributed by atoms with Crippen molar-refractivity contribution in [2.24, 2.45) is 5.92 Å². The average molecular weight is 411 g/mol. The van der Waals surface area contributed by atoms with Gasteiger partial charge in [-0.2, -0.15) is 0 Å². The second kappa shape index (κ2) is 8.67. The lowest BCUT2D eigenvalue weighted by atomic mass is 9.85. The standard InChI is InChI=1S/C23H26N2O5/c1-14-13-17(30-4)9-10-18(14)21(27)19-20(15-5-7-16(26)8-6-15)25(12-11-24(2)3)23(29)22(19)28/h5-10,13,19-20,26H,11-12H2,1-4H3/p+1. The first-order valence-electron chi connectivity index (χ1n) is 9.86. The Labute approximate surface area is 175 Å². The number of ketones is 2. The number of likely N-dealkylation sites (N-methyl/N-ethyl adjacent to an activating group) is 1. The zero-order valence-corrected chi connectivity index (χ0v) is 17.6. The fourth-order valence-corrected chi connectivity index (χ4v) is 3.82. The molecule has 0 bridgehead atoms. The molecular formula is C23H27N2O5+. The zero-order valence-electron chi connectivity index (χ0n) is 17.6. The molecule has 0 saturated carbocycles. The molecule has 2 atom stereocenters. The Morgan fingerprint density at radius 1 is 1.13 bits per heavy atom. The maximum atomic E-state index is 13.5. The van der Waals surface area contributed by atoms with Crippen LogP contribution >= 0.6 is 0 Å². The van der Waals surface area contributed by atoms with E-state index in [9.17, 15) is 19.5 Å². The minimum absolute atomic E-state index is 0.0764. The van der Waals surface area contributed by atoms with Gasteiger partial charge in [0.2, 0.25) is 5.78 Å². The van der Waals surface area contributed by atoms with Gasteiger partial charge in [-0.1, -0.05) is 12.1 Å². The lowest BCUT2D eigenvalue weighted by Crippen LogP contribution is -3.06.